The van der Waals surface area contributed by atoms with Crippen molar-refractivity contribution in [3.8, 4) is 0 Å². The Bertz CT molecular complexity index is 62.3. The zero-order chi connectivity index (χ0) is 7.82. The second kappa shape index (κ2) is 7.03. The summed E-state index contributed by atoms with van der Waals surface area (Å²) in [6, 6.07) is 0. The first-order valence-corrected chi connectivity index (χ1v) is 3.88. The standard InChI is InChI=1S/C8H16O2/c1-3-4-5-6-7-10-8(2)9/h8H,2-7H2,1H3. The van der Waals surface area contributed by atoms with Gasteiger partial charge in [-0.1, -0.05) is 26.2 Å². The molecule has 0 aromatic rings. The van der Waals surface area contributed by atoms with Crippen molar-refractivity contribution < 1.29 is 9.84 Å². The summed E-state index contributed by atoms with van der Waals surface area (Å²) in [5, 5.41) is 10.2. The molecule has 2 heteroatoms. The zero-order valence-corrected chi connectivity index (χ0v) is 6.64. The molecule has 0 aromatic heterocycles. The molecule has 0 saturated carbocycles. The van der Waals surface area contributed by atoms with Gasteiger partial charge in [-0.2, -0.15) is 0 Å². The average Bonchev–Trinajstić information content (AvgIpc) is 1.87. The predicted octanol–water partition coefficient (Wildman–Crippen LogP) is 2.17. The van der Waals surface area contributed by atoms with Crippen molar-refractivity contribution in [2.45, 2.75) is 38.9 Å². The summed E-state index contributed by atoms with van der Waals surface area (Å²) >= 11 is 0. The summed E-state index contributed by atoms with van der Waals surface area (Å²) in [6.07, 6.45) is 3.49. The van der Waals surface area contributed by atoms with Gasteiger partial charge in [0.05, 0.1) is 0 Å². The summed E-state index contributed by atoms with van der Waals surface area (Å²) in [5.41, 5.74) is 0. The van der Waals surface area contributed by atoms with Crippen LogP contribution in [0.4, 0.5) is 0 Å². The Balaban J connectivity index is 2.77. The van der Waals surface area contributed by atoms with Crippen molar-refractivity contribution in [2.75, 3.05) is 6.61 Å². The second-order valence-corrected chi connectivity index (χ2v) is 2.36. The normalized spacial score (nSPS) is 13.5. The Kier molecular flexibility index (Phi) is 6.98. The Hall–Kier alpha value is -0.0800. The van der Waals surface area contributed by atoms with Gasteiger partial charge in [-0.15, -0.1) is 0 Å². The van der Waals surface area contributed by atoms with E-state index in [1.807, 2.05) is 0 Å². The highest BCUT2D eigenvalue weighted by Gasteiger charge is 1.94. The topological polar surface area (TPSA) is 29.1 Å². The van der Waals surface area contributed by atoms with Crippen LogP contribution < -0.4 is 0 Å². The third-order valence-electron chi connectivity index (χ3n) is 1.30. The number of hydrogen-bond donors (Lipinski definition) is 0. The molecule has 0 aromatic carbocycles. The van der Waals surface area contributed by atoms with Crippen molar-refractivity contribution in [3.05, 3.63) is 6.92 Å². The molecule has 0 fully saturated rings. The van der Waals surface area contributed by atoms with Crippen LogP contribution in [0, 0.1) is 6.92 Å². The van der Waals surface area contributed by atoms with E-state index in [-0.39, 0.29) is 0 Å². The molecule has 60 valence electrons. The first kappa shape index (κ1) is 9.92. The minimum absolute atomic E-state index is 0.567. The summed E-state index contributed by atoms with van der Waals surface area (Å²) in [4.78, 5) is 0. The Morgan fingerprint density at radius 2 is 2.10 bits per heavy atom. The number of rotatable bonds is 6. The van der Waals surface area contributed by atoms with Crippen LogP contribution >= 0.6 is 0 Å². The quantitative estimate of drug-likeness (QED) is 0.415. The maximum absolute atomic E-state index is 10.2. The van der Waals surface area contributed by atoms with Crippen LogP contribution in [0.1, 0.15) is 32.6 Å². The van der Waals surface area contributed by atoms with E-state index in [9.17, 15) is 5.11 Å². The van der Waals surface area contributed by atoms with Gasteiger partial charge in [-0.05, 0) is 6.42 Å². The maximum Gasteiger partial charge on any atom is 0.191 e. The van der Waals surface area contributed by atoms with E-state index in [0.717, 1.165) is 12.8 Å². The summed E-state index contributed by atoms with van der Waals surface area (Å²) in [7, 11) is 0. The molecule has 1 unspecified atom stereocenters. The predicted molar refractivity (Wildman–Crippen MR) is 39.9 cm³/mol. The lowest BCUT2D eigenvalue weighted by molar-refractivity contribution is -0.109. The molecule has 2 radical (unpaired) electrons. The highest BCUT2D eigenvalue weighted by atomic mass is 16.6. The summed E-state index contributed by atoms with van der Waals surface area (Å²) < 4.78 is 4.72. The highest BCUT2D eigenvalue weighted by molar-refractivity contribution is 4.42. The average molecular weight is 144 g/mol. The lowest BCUT2D eigenvalue weighted by Gasteiger charge is -2.02. The van der Waals surface area contributed by atoms with Gasteiger partial charge >= 0.3 is 0 Å². The molecular formula is C8H16O2. The van der Waals surface area contributed by atoms with E-state index < -0.39 is 6.29 Å². The van der Waals surface area contributed by atoms with E-state index in [1.54, 1.807) is 0 Å². The summed E-state index contributed by atoms with van der Waals surface area (Å²) in [5.74, 6) is 0. The number of unbranched alkanes of at least 4 members (excludes halogenated alkanes) is 3. The van der Waals surface area contributed by atoms with Gasteiger partial charge in [-0.25, -0.2) is 5.11 Å². The van der Waals surface area contributed by atoms with Crippen LogP contribution in [0.5, 0.6) is 0 Å². The van der Waals surface area contributed by atoms with Gasteiger partial charge in [0.2, 0.25) is 0 Å². The van der Waals surface area contributed by atoms with Crippen LogP contribution in [0.3, 0.4) is 0 Å². The van der Waals surface area contributed by atoms with Crippen LogP contribution in [0.15, 0.2) is 0 Å². The van der Waals surface area contributed by atoms with E-state index in [2.05, 4.69) is 13.8 Å². The molecule has 0 aliphatic rings. The number of ether oxygens (including phenoxy) is 1. The van der Waals surface area contributed by atoms with Gasteiger partial charge in [0.25, 0.3) is 0 Å². The zero-order valence-electron chi connectivity index (χ0n) is 6.64. The van der Waals surface area contributed by atoms with Gasteiger partial charge in [0.1, 0.15) is 0 Å². The Morgan fingerprint density at radius 3 is 2.60 bits per heavy atom. The van der Waals surface area contributed by atoms with Gasteiger partial charge in [-0.3, -0.25) is 0 Å². The van der Waals surface area contributed by atoms with E-state index in [4.69, 9.17) is 4.74 Å². The minimum atomic E-state index is -1.10. The molecule has 0 rings (SSSR count). The Morgan fingerprint density at radius 1 is 1.40 bits per heavy atom. The molecule has 0 aliphatic carbocycles. The molecule has 0 amide bonds. The molecule has 0 heterocycles. The minimum Gasteiger partial charge on any atom is -0.350 e. The van der Waals surface area contributed by atoms with Crippen molar-refractivity contribution in [2.24, 2.45) is 0 Å². The SMILES string of the molecule is [CH2]C([O])OCCCCCC. The second-order valence-electron chi connectivity index (χ2n) is 2.36. The van der Waals surface area contributed by atoms with E-state index in [1.165, 1.54) is 12.8 Å². The molecular weight excluding hydrogens is 128 g/mol. The van der Waals surface area contributed by atoms with Crippen molar-refractivity contribution in [3.63, 3.8) is 0 Å². The van der Waals surface area contributed by atoms with Crippen molar-refractivity contribution in [1.29, 1.82) is 0 Å². The maximum atomic E-state index is 10.2. The monoisotopic (exact) mass is 144 g/mol. The van der Waals surface area contributed by atoms with Gasteiger partial charge < -0.3 is 4.74 Å². The van der Waals surface area contributed by atoms with Crippen molar-refractivity contribution >= 4 is 0 Å². The van der Waals surface area contributed by atoms with Crippen molar-refractivity contribution in [1.82, 2.24) is 0 Å². The molecule has 0 saturated heterocycles. The fourth-order valence-electron chi connectivity index (χ4n) is 0.744. The van der Waals surface area contributed by atoms with Crippen LogP contribution in [-0.2, 0) is 9.84 Å². The lowest BCUT2D eigenvalue weighted by Crippen LogP contribution is -2.05. The first-order valence-electron chi connectivity index (χ1n) is 3.88. The third kappa shape index (κ3) is 7.92. The molecule has 1 atom stereocenters. The van der Waals surface area contributed by atoms with Crippen LogP contribution in [0.25, 0.3) is 0 Å². The largest absolute Gasteiger partial charge is 0.350 e. The molecule has 0 N–H and O–H groups in total. The molecule has 2 nitrogen and oxygen atoms in total. The molecule has 0 spiro atoms. The van der Waals surface area contributed by atoms with Crippen LogP contribution in [-0.4, -0.2) is 12.9 Å². The first-order chi connectivity index (χ1) is 4.77. The van der Waals surface area contributed by atoms with E-state index >= 15 is 0 Å². The number of hydrogen-bond acceptors (Lipinski definition) is 1. The highest BCUT2D eigenvalue weighted by Crippen LogP contribution is 1.99. The molecule has 0 bridgehead atoms. The van der Waals surface area contributed by atoms with E-state index in [0.29, 0.717) is 6.61 Å². The van der Waals surface area contributed by atoms with Gasteiger partial charge in [0.15, 0.2) is 6.29 Å². The van der Waals surface area contributed by atoms with Crippen LogP contribution in [0.2, 0.25) is 0 Å². The molecule has 10 heavy (non-hydrogen) atoms. The fourth-order valence-corrected chi connectivity index (χ4v) is 0.744. The van der Waals surface area contributed by atoms with Gasteiger partial charge in [0, 0.05) is 13.5 Å². The Labute approximate surface area is 63.2 Å². The molecule has 0 aliphatic heterocycles. The lowest BCUT2D eigenvalue weighted by atomic mass is 10.2. The third-order valence-corrected chi connectivity index (χ3v) is 1.30. The smallest absolute Gasteiger partial charge is 0.191 e. The summed E-state index contributed by atoms with van der Waals surface area (Å²) in [6.45, 7) is 5.90. The fraction of sp³-hybridized carbons (Fsp3) is 0.875.